The molecule has 3 rings (SSSR count). The second-order valence-corrected chi connectivity index (χ2v) is 6.95. The van der Waals surface area contributed by atoms with Gasteiger partial charge in [-0.2, -0.15) is 0 Å². The third-order valence-corrected chi connectivity index (χ3v) is 3.92. The van der Waals surface area contributed by atoms with Crippen LogP contribution in [0.3, 0.4) is 0 Å². The van der Waals surface area contributed by atoms with Crippen LogP contribution in [0.15, 0.2) is 30.3 Å². The minimum atomic E-state index is -0.569. The number of carbonyl (C=O) groups excluding carboxylic acids is 1. The van der Waals surface area contributed by atoms with Crippen LogP contribution >= 0.6 is 0 Å². The highest BCUT2D eigenvalue weighted by Crippen LogP contribution is 2.30. The average Bonchev–Trinajstić information content (AvgIpc) is 2.92. The number of benzene rings is 1. The monoisotopic (exact) mass is 329 g/mol. The van der Waals surface area contributed by atoms with E-state index in [4.69, 9.17) is 9.47 Å². The van der Waals surface area contributed by atoms with Crippen molar-refractivity contribution in [3.8, 4) is 0 Å². The van der Waals surface area contributed by atoms with Gasteiger partial charge in [0, 0.05) is 5.39 Å². The summed E-state index contributed by atoms with van der Waals surface area (Å²) >= 11 is 0. The first kappa shape index (κ1) is 16.7. The van der Waals surface area contributed by atoms with E-state index in [1.807, 2.05) is 51.1 Å². The third-order valence-electron chi connectivity index (χ3n) is 3.92. The second kappa shape index (κ2) is 6.42. The van der Waals surface area contributed by atoms with Crippen molar-refractivity contribution in [1.82, 2.24) is 4.57 Å². The maximum Gasteiger partial charge on any atom is 0.419 e. The number of ether oxygens (including phenoxy) is 2. The van der Waals surface area contributed by atoms with Gasteiger partial charge in [0.15, 0.2) is 0 Å². The zero-order valence-electron chi connectivity index (χ0n) is 14.3. The van der Waals surface area contributed by atoms with Crippen LogP contribution in [0.5, 0.6) is 0 Å². The lowest BCUT2D eigenvalue weighted by Crippen LogP contribution is -2.28. The molecule has 24 heavy (non-hydrogen) atoms. The van der Waals surface area contributed by atoms with Gasteiger partial charge in [-0.25, -0.2) is 9.36 Å². The van der Waals surface area contributed by atoms with Crippen molar-refractivity contribution in [2.45, 2.75) is 39.4 Å². The van der Waals surface area contributed by atoms with Gasteiger partial charge in [0.25, 0.3) is 0 Å². The Kier molecular flexibility index (Phi) is 4.47. The summed E-state index contributed by atoms with van der Waals surface area (Å²) in [4.78, 5) is 12.8. The van der Waals surface area contributed by atoms with E-state index >= 15 is 0 Å². The fraction of sp³-hybridized carbons (Fsp3) is 0.421. The predicted octanol–water partition coefficient (Wildman–Crippen LogP) is 3.72. The van der Waals surface area contributed by atoms with E-state index in [1.165, 1.54) is 0 Å². The lowest BCUT2D eigenvalue weighted by molar-refractivity contribution is 0.0542. The number of fused-ring (bicyclic) bond motifs is 1. The van der Waals surface area contributed by atoms with Crippen LogP contribution in [0.25, 0.3) is 16.5 Å². The molecule has 0 fully saturated rings. The Bertz CT molecular complexity index is 796. The summed E-state index contributed by atoms with van der Waals surface area (Å²) in [5.41, 5.74) is 2.94. The van der Waals surface area contributed by atoms with E-state index in [1.54, 1.807) is 4.57 Å². The first-order chi connectivity index (χ1) is 11.4. The van der Waals surface area contributed by atoms with Gasteiger partial charge in [-0.1, -0.05) is 12.1 Å². The molecule has 2 aromatic rings. The number of hydrogen-bond donors (Lipinski definition) is 1. The molecular formula is C19H23NO4. The molecule has 0 radical (unpaired) electrons. The normalized spacial score (nSPS) is 15.4. The fourth-order valence-electron chi connectivity index (χ4n) is 2.86. The highest BCUT2D eigenvalue weighted by molar-refractivity contribution is 5.95. The van der Waals surface area contributed by atoms with Crippen LogP contribution in [0.1, 0.15) is 38.4 Å². The van der Waals surface area contributed by atoms with Gasteiger partial charge in [0.05, 0.1) is 31.0 Å². The van der Waals surface area contributed by atoms with Gasteiger partial charge in [-0.3, -0.25) is 0 Å². The summed E-state index contributed by atoms with van der Waals surface area (Å²) in [5.74, 6) is 0. The molecule has 2 heterocycles. The molecule has 0 saturated heterocycles. The third kappa shape index (κ3) is 3.37. The maximum absolute atomic E-state index is 12.8. The molecule has 0 spiro atoms. The molecular weight excluding hydrogens is 306 g/mol. The first-order valence-electron chi connectivity index (χ1n) is 8.15. The molecule has 5 heteroatoms. The largest absolute Gasteiger partial charge is 0.443 e. The minimum Gasteiger partial charge on any atom is -0.443 e. The van der Waals surface area contributed by atoms with Crippen LogP contribution in [-0.4, -0.2) is 34.6 Å². The number of aliphatic hydroxyl groups excluding tert-OH is 1. The molecule has 1 aromatic carbocycles. The number of rotatable bonds is 2. The molecule has 0 bridgehead atoms. The molecule has 0 aliphatic carbocycles. The molecule has 0 unspecified atom stereocenters. The minimum absolute atomic E-state index is 0.0283. The Morgan fingerprint density at radius 1 is 1.33 bits per heavy atom. The number of aromatic nitrogens is 1. The lowest BCUT2D eigenvalue weighted by atomic mass is 10.1. The van der Waals surface area contributed by atoms with E-state index in [9.17, 15) is 9.90 Å². The number of carbonyl (C=O) groups is 1. The second-order valence-electron chi connectivity index (χ2n) is 6.95. The quantitative estimate of drug-likeness (QED) is 0.912. The number of nitrogens with zero attached hydrogens (tertiary/aromatic N) is 1. The SMILES string of the molecule is CC(C)(C)OC(=O)n1c(C2=CCOCC2)cc2cc(CO)ccc21. The zero-order valence-corrected chi connectivity index (χ0v) is 14.3. The Labute approximate surface area is 141 Å². The molecule has 1 aromatic heterocycles. The number of aliphatic hydroxyl groups is 1. The molecule has 0 atom stereocenters. The summed E-state index contributed by atoms with van der Waals surface area (Å²) in [6.07, 6.45) is 2.37. The van der Waals surface area contributed by atoms with Crippen molar-refractivity contribution in [2.24, 2.45) is 0 Å². The van der Waals surface area contributed by atoms with Gasteiger partial charge in [-0.15, -0.1) is 0 Å². The van der Waals surface area contributed by atoms with E-state index in [-0.39, 0.29) is 6.61 Å². The maximum atomic E-state index is 12.8. The van der Waals surface area contributed by atoms with Crippen molar-refractivity contribution in [2.75, 3.05) is 13.2 Å². The summed E-state index contributed by atoms with van der Waals surface area (Å²) in [6, 6.07) is 7.56. The highest BCUT2D eigenvalue weighted by Gasteiger charge is 2.24. The molecule has 5 nitrogen and oxygen atoms in total. The van der Waals surface area contributed by atoms with E-state index in [0.717, 1.165) is 34.2 Å². The summed E-state index contributed by atoms with van der Waals surface area (Å²) in [5, 5.41) is 10.3. The van der Waals surface area contributed by atoms with Crippen molar-refractivity contribution in [3.05, 3.63) is 41.6 Å². The van der Waals surface area contributed by atoms with Crippen molar-refractivity contribution in [1.29, 1.82) is 0 Å². The average molecular weight is 329 g/mol. The molecule has 0 saturated carbocycles. The van der Waals surface area contributed by atoms with Crippen molar-refractivity contribution in [3.63, 3.8) is 0 Å². The fourth-order valence-corrected chi connectivity index (χ4v) is 2.86. The molecule has 1 aliphatic rings. The molecule has 128 valence electrons. The van der Waals surface area contributed by atoms with E-state index in [2.05, 4.69) is 0 Å². The van der Waals surface area contributed by atoms with Crippen LogP contribution in [0.4, 0.5) is 4.79 Å². The Balaban J connectivity index is 2.15. The van der Waals surface area contributed by atoms with E-state index < -0.39 is 11.7 Å². The molecule has 0 amide bonds. The Morgan fingerprint density at radius 3 is 2.75 bits per heavy atom. The molecule has 1 aliphatic heterocycles. The predicted molar refractivity (Wildman–Crippen MR) is 92.9 cm³/mol. The van der Waals surface area contributed by atoms with Crippen LogP contribution < -0.4 is 0 Å². The smallest absolute Gasteiger partial charge is 0.419 e. The van der Waals surface area contributed by atoms with Crippen LogP contribution in [0, 0.1) is 0 Å². The summed E-state index contributed by atoms with van der Waals surface area (Å²) in [7, 11) is 0. The molecule has 1 N–H and O–H groups in total. The highest BCUT2D eigenvalue weighted by atomic mass is 16.6. The van der Waals surface area contributed by atoms with Gasteiger partial charge in [0.1, 0.15) is 5.60 Å². The van der Waals surface area contributed by atoms with Gasteiger partial charge < -0.3 is 14.6 Å². The van der Waals surface area contributed by atoms with Crippen LogP contribution in [-0.2, 0) is 16.1 Å². The summed E-state index contributed by atoms with van der Waals surface area (Å²) < 4.78 is 12.6. The van der Waals surface area contributed by atoms with E-state index in [0.29, 0.717) is 13.2 Å². The Morgan fingerprint density at radius 2 is 2.12 bits per heavy atom. The van der Waals surface area contributed by atoms with Crippen LogP contribution in [0.2, 0.25) is 0 Å². The summed E-state index contributed by atoms with van der Waals surface area (Å²) in [6.45, 7) is 6.73. The lowest BCUT2D eigenvalue weighted by Gasteiger charge is -2.22. The standard InChI is InChI=1S/C19H23NO4/c1-19(2,3)24-18(22)20-16-5-4-13(12-21)10-15(16)11-17(20)14-6-8-23-9-7-14/h4-6,10-11,21H,7-9,12H2,1-3H3. The first-order valence-corrected chi connectivity index (χ1v) is 8.15. The van der Waals surface area contributed by atoms with Gasteiger partial charge in [0.2, 0.25) is 0 Å². The Hall–Kier alpha value is -2.11. The number of hydrogen-bond acceptors (Lipinski definition) is 4. The van der Waals surface area contributed by atoms with Crippen molar-refractivity contribution < 1.29 is 19.4 Å². The van der Waals surface area contributed by atoms with Crippen molar-refractivity contribution >= 4 is 22.6 Å². The zero-order chi connectivity index (χ0) is 17.3. The topological polar surface area (TPSA) is 60.7 Å². The van der Waals surface area contributed by atoms with Gasteiger partial charge >= 0.3 is 6.09 Å². The van der Waals surface area contributed by atoms with Gasteiger partial charge in [-0.05, 0) is 56.5 Å².